The molecule has 128 valence electrons. The van der Waals surface area contributed by atoms with E-state index in [0.717, 1.165) is 18.4 Å². The van der Waals surface area contributed by atoms with E-state index < -0.39 is 0 Å². The monoisotopic (exact) mass is 338 g/mol. The van der Waals surface area contributed by atoms with E-state index in [-0.39, 0.29) is 11.8 Å². The van der Waals surface area contributed by atoms with E-state index >= 15 is 0 Å². The van der Waals surface area contributed by atoms with Gasteiger partial charge in [-0.25, -0.2) is 0 Å². The van der Waals surface area contributed by atoms with Gasteiger partial charge in [-0.2, -0.15) is 4.98 Å². The molecule has 7 nitrogen and oxygen atoms in total. The summed E-state index contributed by atoms with van der Waals surface area (Å²) in [5.41, 5.74) is 1.22. The third kappa shape index (κ3) is 3.17. The Hall–Kier alpha value is -2.96. The fourth-order valence-electron chi connectivity index (χ4n) is 3.12. The molecule has 1 fully saturated rings. The zero-order chi connectivity index (χ0) is 17.2. The van der Waals surface area contributed by atoms with Crippen LogP contribution in [0.4, 0.5) is 0 Å². The van der Waals surface area contributed by atoms with Gasteiger partial charge in [-0.1, -0.05) is 40.6 Å². The Morgan fingerprint density at radius 3 is 2.80 bits per heavy atom. The van der Waals surface area contributed by atoms with E-state index in [2.05, 4.69) is 15.3 Å². The summed E-state index contributed by atoms with van der Waals surface area (Å²) < 4.78 is 10.6. The molecule has 1 amide bonds. The quantitative estimate of drug-likeness (QED) is 0.729. The fraction of sp³-hybridized carbons (Fsp3) is 0.333. The van der Waals surface area contributed by atoms with E-state index in [4.69, 9.17) is 9.05 Å². The van der Waals surface area contributed by atoms with Crippen molar-refractivity contribution in [1.82, 2.24) is 20.2 Å². The van der Waals surface area contributed by atoms with Crippen molar-refractivity contribution in [1.29, 1.82) is 0 Å². The average Bonchev–Trinajstić information content (AvgIpc) is 3.31. The molecule has 2 aromatic heterocycles. The number of carbonyl (C=O) groups excluding carboxylic acids is 1. The molecule has 4 rings (SSSR count). The molecule has 0 unspecified atom stereocenters. The molecule has 1 atom stereocenters. The van der Waals surface area contributed by atoms with Crippen molar-refractivity contribution < 1.29 is 13.8 Å². The number of nitrogens with zero attached hydrogens (tertiary/aromatic N) is 4. The van der Waals surface area contributed by atoms with Gasteiger partial charge in [0.2, 0.25) is 5.89 Å². The Balaban J connectivity index is 1.50. The second-order valence-corrected chi connectivity index (χ2v) is 6.21. The van der Waals surface area contributed by atoms with Crippen LogP contribution in [0.5, 0.6) is 0 Å². The molecule has 3 aromatic rings. The molecule has 0 saturated carbocycles. The smallest absolute Gasteiger partial charge is 0.276 e. The van der Waals surface area contributed by atoms with Gasteiger partial charge < -0.3 is 13.9 Å². The van der Waals surface area contributed by atoms with Crippen molar-refractivity contribution in [2.24, 2.45) is 0 Å². The van der Waals surface area contributed by atoms with Gasteiger partial charge in [0.1, 0.15) is 0 Å². The highest BCUT2D eigenvalue weighted by Gasteiger charge is 2.30. The normalized spacial score (nSPS) is 17.6. The third-order valence-corrected chi connectivity index (χ3v) is 4.39. The Labute approximate surface area is 144 Å². The maximum atomic E-state index is 12.8. The molecule has 0 radical (unpaired) electrons. The first-order valence-electron chi connectivity index (χ1n) is 8.32. The summed E-state index contributed by atoms with van der Waals surface area (Å²) >= 11 is 0. The maximum Gasteiger partial charge on any atom is 0.276 e. The number of likely N-dealkylation sites (tertiary alicyclic amines) is 1. The van der Waals surface area contributed by atoms with Gasteiger partial charge in [-0.05, 0) is 19.8 Å². The lowest BCUT2D eigenvalue weighted by atomic mass is 9.97. The molecule has 0 bridgehead atoms. The molecule has 0 N–H and O–H groups in total. The van der Waals surface area contributed by atoms with Gasteiger partial charge >= 0.3 is 0 Å². The zero-order valence-electron chi connectivity index (χ0n) is 13.9. The summed E-state index contributed by atoms with van der Waals surface area (Å²) in [6, 6.07) is 11.3. The molecular formula is C18H18N4O3. The lowest BCUT2D eigenvalue weighted by Crippen LogP contribution is -2.39. The van der Waals surface area contributed by atoms with Crippen LogP contribution >= 0.6 is 0 Å². The number of hydrogen-bond donors (Lipinski definition) is 0. The number of benzene rings is 1. The zero-order valence-corrected chi connectivity index (χ0v) is 13.9. The molecule has 7 heteroatoms. The Bertz CT molecular complexity index is 871. The number of aromatic nitrogens is 3. The van der Waals surface area contributed by atoms with Crippen LogP contribution in [0.15, 0.2) is 45.4 Å². The number of hydrogen-bond acceptors (Lipinski definition) is 6. The molecule has 1 aromatic carbocycles. The molecule has 0 aliphatic carbocycles. The summed E-state index contributed by atoms with van der Waals surface area (Å²) in [7, 11) is 0. The van der Waals surface area contributed by atoms with E-state index in [1.165, 1.54) is 0 Å². The standard InChI is InChI=1S/C18H18N4O3/c1-12-19-17(25-20-12)14-8-5-9-22(11-14)18(23)15-10-16(24-21-15)13-6-3-2-4-7-13/h2-4,6-7,10,14H,5,8-9,11H2,1H3/t14-/m1/s1. The van der Waals surface area contributed by atoms with Crippen molar-refractivity contribution >= 4 is 5.91 Å². The second kappa shape index (κ2) is 6.51. The minimum absolute atomic E-state index is 0.0689. The topological polar surface area (TPSA) is 85.3 Å². The van der Waals surface area contributed by atoms with Crippen LogP contribution in [-0.2, 0) is 0 Å². The van der Waals surface area contributed by atoms with Crippen molar-refractivity contribution in [3.8, 4) is 11.3 Å². The van der Waals surface area contributed by atoms with E-state index in [1.54, 1.807) is 17.9 Å². The second-order valence-electron chi connectivity index (χ2n) is 6.21. The van der Waals surface area contributed by atoms with Gasteiger partial charge in [0, 0.05) is 24.7 Å². The first-order valence-corrected chi connectivity index (χ1v) is 8.32. The predicted octanol–water partition coefficient (Wildman–Crippen LogP) is 3.05. The summed E-state index contributed by atoms with van der Waals surface area (Å²) in [6.07, 6.45) is 1.82. The SMILES string of the molecule is Cc1noc([C@@H]2CCCN(C(=O)c3cc(-c4ccccc4)on3)C2)n1. The average molecular weight is 338 g/mol. The van der Waals surface area contributed by atoms with Crippen LogP contribution in [0.1, 0.15) is 41.0 Å². The molecular weight excluding hydrogens is 320 g/mol. The van der Waals surface area contributed by atoms with Gasteiger partial charge in [-0.3, -0.25) is 4.79 Å². The van der Waals surface area contributed by atoms with Gasteiger partial charge in [0.15, 0.2) is 17.3 Å². The van der Waals surface area contributed by atoms with E-state index in [0.29, 0.717) is 36.3 Å². The largest absolute Gasteiger partial charge is 0.355 e. The molecule has 1 saturated heterocycles. The summed E-state index contributed by atoms with van der Waals surface area (Å²) in [4.78, 5) is 18.8. The Kier molecular flexibility index (Phi) is 4.05. The molecule has 0 spiro atoms. The molecule has 1 aliphatic heterocycles. The highest BCUT2D eigenvalue weighted by Crippen LogP contribution is 2.27. The number of carbonyl (C=O) groups is 1. The highest BCUT2D eigenvalue weighted by atomic mass is 16.5. The highest BCUT2D eigenvalue weighted by molar-refractivity contribution is 5.93. The Morgan fingerprint density at radius 1 is 1.20 bits per heavy atom. The van der Waals surface area contributed by atoms with Crippen LogP contribution in [0.2, 0.25) is 0 Å². The number of piperidine rings is 1. The minimum atomic E-state index is -0.133. The predicted molar refractivity (Wildman–Crippen MR) is 88.9 cm³/mol. The number of amides is 1. The van der Waals surface area contributed by atoms with E-state index in [9.17, 15) is 4.79 Å². The van der Waals surface area contributed by atoms with Crippen molar-refractivity contribution in [3.05, 3.63) is 53.8 Å². The Morgan fingerprint density at radius 2 is 2.04 bits per heavy atom. The third-order valence-electron chi connectivity index (χ3n) is 4.39. The van der Waals surface area contributed by atoms with Crippen LogP contribution in [-0.4, -0.2) is 39.2 Å². The fourth-order valence-corrected chi connectivity index (χ4v) is 3.12. The summed E-state index contributed by atoms with van der Waals surface area (Å²) in [5, 5.41) is 7.79. The van der Waals surface area contributed by atoms with Crippen LogP contribution < -0.4 is 0 Å². The molecule has 25 heavy (non-hydrogen) atoms. The lowest BCUT2D eigenvalue weighted by molar-refractivity contribution is 0.0685. The van der Waals surface area contributed by atoms with Gasteiger partial charge in [0.25, 0.3) is 5.91 Å². The van der Waals surface area contributed by atoms with Crippen LogP contribution in [0.3, 0.4) is 0 Å². The molecule has 3 heterocycles. The van der Waals surface area contributed by atoms with Crippen LogP contribution in [0, 0.1) is 6.92 Å². The van der Waals surface area contributed by atoms with Crippen molar-refractivity contribution in [3.63, 3.8) is 0 Å². The van der Waals surface area contributed by atoms with Gasteiger partial charge in [-0.15, -0.1) is 0 Å². The van der Waals surface area contributed by atoms with Crippen LogP contribution in [0.25, 0.3) is 11.3 Å². The molecule has 1 aliphatic rings. The minimum Gasteiger partial charge on any atom is -0.355 e. The van der Waals surface area contributed by atoms with Crippen molar-refractivity contribution in [2.45, 2.75) is 25.7 Å². The lowest BCUT2D eigenvalue weighted by Gasteiger charge is -2.30. The summed E-state index contributed by atoms with van der Waals surface area (Å²) in [5.74, 6) is 1.74. The van der Waals surface area contributed by atoms with Gasteiger partial charge in [0.05, 0.1) is 5.92 Å². The first-order chi connectivity index (χ1) is 12.2. The number of aryl methyl sites for hydroxylation is 1. The summed E-state index contributed by atoms with van der Waals surface area (Å²) in [6.45, 7) is 3.03. The number of rotatable bonds is 3. The van der Waals surface area contributed by atoms with E-state index in [1.807, 2.05) is 30.3 Å². The maximum absolute atomic E-state index is 12.8. The van der Waals surface area contributed by atoms with Crippen molar-refractivity contribution in [2.75, 3.05) is 13.1 Å². The first kappa shape index (κ1) is 15.6.